The average molecular weight is 462 g/mol. The van der Waals surface area contributed by atoms with Crippen molar-refractivity contribution >= 4 is 33.4 Å². The van der Waals surface area contributed by atoms with Crippen LogP contribution in [0.25, 0.3) is 11.0 Å². The van der Waals surface area contributed by atoms with Crippen LogP contribution in [0.4, 0.5) is 5.13 Å². The summed E-state index contributed by atoms with van der Waals surface area (Å²) < 4.78 is 7.59. The Labute approximate surface area is 197 Å². The number of piperidine rings is 1. The number of hydrogen-bond acceptors (Lipinski definition) is 6. The molecule has 1 atom stereocenters. The van der Waals surface area contributed by atoms with Crippen molar-refractivity contribution in [3.05, 3.63) is 71.5 Å². The monoisotopic (exact) mass is 461 g/mol. The molecule has 1 fully saturated rings. The van der Waals surface area contributed by atoms with E-state index in [1.807, 2.05) is 23.6 Å². The lowest BCUT2D eigenvalue weighted by molar-refractivity contribution is -0.121. The number of likely N-dealkylation sites (tertiary alicyclic amines) is 1. The van der Waals surface area contributed by atoms with Gasteiger partial charge in [-0.1, -0.05) is 24.3 Å². The van der Waals surface area contributed by atoms with Crippen LogP contribution in [0.15, 0.2) is 60.1 Å². The molecule has 33 heavy (non-hydrogen) atoms. The normalized spacial score (nSPS) is 16.7. The maximum Gasteiger partial charge on any atom is 0.230 e. The Morgan fingerprint density at radius 3 is 2.82 bits per heavy atom. The number of thiazole rings is 1. The average Bonchev–Trinajstić information content (AvgIpc) is 3.48. The lowest BCUT2D eigenvalue weighted by Crippen LogP contribution is -2.40. The zero-order valence-corrected chi connectivity index (χ0v) is 19.4. The summed E-state index contributed by atoms with van der Waals surface area (Å²) in [6.07, 6.45) is 3.60. The molecule has 1 aliphatic heterocycles. The van der Waals surface area contributed by atoms with E-state index in [1.54, 1.807) is 13.3 Å². The maximum absolute atomic E-state index is 12.8. The summed E-state index contributed by atoms with van der Waals surface area (Å²) in [5.74, 6) is 1.89. The lowest BCUT2D eigenvalue weighted by atomic mass is 9.97. The van der Waals surface area contributed by atoms with Gasteiger partial charge < -0.3 is 14.6 Å². The summed E-state index contributed by atoms with van der Waals surface area (Å²) in [4.78, 5) is 24.2. The van der Waals surface area contributed by atoms with Crippen LogP contribution < -0.4 is 10.1 Å². The summed E-state index contributed by atoms with van der Waals surface area (Å²) in [6.45, 7) is 3.14. The largest absolute Gasteiger partial charge is 0.497 e. The van der Waals surface area contributed by atoms with Crippen LogP contribution in [0, 0.1) is 5.92 Å². The summed E-state index contributed by atoms with van der Waals surface area (Å²) in [6, 6.07) is 16.4. The molecule has 0 radical (unpaired) electrons. The molecule has 0 spiro atoms. The van der Waals surface area contributed by atoms with Crippen LogP contribution in [0.1, 0.15) is 24.2 Å². The van der Waals surface area contributed by atoms with Crippen LogP contribution >= 0.6 is 11.3 Å². The first kappa shape index (κ1) is 21.6. The highest BCUT2D eigenvalue weighted by Gasteiger charge is 2.27. The number of methoxy groups -OCH3 is 1. The number of nitrogens with zero attached hydrogens (tertiary/aromatic N) is 4. The van der Waals surface area contributed by atoms with Gasteiger partial charge in [0.2, 0.25) is 5.91 Å². The third kappa shape index (κ3) is 4.91. The van der Waals surface area contributed by atoms with E-state index in [-0.39, 0.29) is 11.8 Å². The van der Waals surface area contributed by atoms with E-state index in [9.17, 15) is 4.79 Å². The molecule has 1 saturated heterocycles. The number of nitrogens with one attached hydrogen (secondary N) is 1. The van der Waals surface area contributed by atoms with Crippen molar-refractivity contribution in [2.45, 2.75) is 25.9 Å². The Balaban J connectivity index is 1.34. The predicted molar refractivity (Wildman–Crippen MR) is 131 cm³/mol. The molecule has 8 heteroatoms. The minimum absolute atomic E-state index is 0.0398. The van der Waals surface area contributed by atoms with E-state index in [2.05, 4.69) is 50.1 Å². The molecular weight excluding hydrogens is 434 g/mol. The second-order valence-corrected chi connectivity index (χ2v) is 9.25. The first-order chi connectivity index (χ1) is 16.2. The Bertz CT molecular complexity index is 1220. The van der Waals surface area contributed by atoms with Gasteiger partial charge in [0, 0.05) is 24.7 Å². The second kappa shape index (κ2) is 9.72. The van der Waals surface area contributed by atoms with Crippen LogP contribution in [0.2, 0.25) is 0 Å². The third-order valence-electron chi connectivity index (χ3n) is 6.14. The standard InChI is InChI=1S/C25H27N5O2S/c1-32-20-10-8-18(9-11-20)15-30-22-7-3-2-6-21(22)27-23(30)17-29-13-4-5-19(16-29)24(31)28-25-26-12-14-33-25/h2-3,6-12,14,19H,4-5,13,15-17H2,1H3,(H,26,28,31)/t19-/m0/s1. The number of amides is 1. The molecule has 0 aliphatic carbocycles. The highest BCUT2D eigenvalue weighted by molar-refractivity contribution is 7.13. The molecule has 2 aromatic heterocycles. The van der Waals surface area contributed by atoms with Gasteiger partial charge in [-0.05, 0) is 49.2 Å². The quantitative estimate of drug-likeness (QED) is 0.442. The van der Waals surface area contributed by atoms with Crippen molar-refractivity contribution in [1.29, 1.82) is 0 Å². The SMILES string of the molecule is COc1ccc(Cn2c(CN3CCC[C@H](C(=O)Nc4nccs4)C3)nc3ccccc32)cc1. The van der Waals surface area contributed by atoms with Gasteiger partial charge in [-0.3, -0.25) is 9.69 Å². The third-order valence-corrected chi connectivity index (χ3v) is 6.83. The molecule has 0 bridgehead atoms. The molecule has 1 aliphatic rings. The fourth-order valence-corrected chi connectivity index (χ4v) is 4.97. The van der Waals surface area contributed by atoms with Crippen molar-refractivity contribution in [3.8, 4) is 5.75 Å². The van der Waals surface area contributed by atoms with Gasteiger partial charge in [-0.25, -0.2) is 9.97 Å². The van der Waals surface area contributed by atoms with Crippen molar-refractivity contribution in [1.82, 2.24) is 19.4 Å². The molecular formula is C25H27N5O2S. The fraction of sp³-hybridized carbons (Fsp3) is 0.320. The molecule has 170 valence electrons. The number of anilines is 1. The fourth-order valence-electron chi connectivity index (χ4n) is 4.44. The smallest absolute Gasteiger partial charge is 0.230 e. The lowest BCUT2D eigenvalue weighted by Gasteiger charge is -2.31. The van der Waals surface area contributed by atoms with Gasteiger partial charge in [0.05, 0.1) is 30.6 Å². The van der Waals surface area contributed by atoms with Gasteiger partial charge in [-0.15, -0.1) is 11.3 Å². The minimum Gasteiger partial charge on any atom is -0.497 e. The van der Waals surface area contributed by atoms with Crippen molar-refractivity contribution in [2.75, 3.05) is 25.5 Å². The number of hydrogen-bond donors (Lipinski definition) is 1. The zero-order chi connectivity index (χ0) is 22.6. The number of rotatable bonds is 7. The van der Waals surface area contributed by atoms with Gasteiger partial charge >= 0.3 is 0 Å². The highest BCUT2D eigenvalue weighted by Crippen LogP contribution is 2.24. The zero-order valence-electron chi connectivity index (χ0n) is 18.6. The van der Waals surface area contributed by atoms with E-state index in [0.29, 0.717) is 11.7 Å². The van der Waals surface area contributed by atoms with Crippen LogP contribution in [0.5, 0.6) is 5.75 Å². The molecule has 5 rings (SSSR count). The van der Waals surface area contributed by atoms with Crippen LogP contribution in [-0.2, 0) is 17.9 Å². The van der Waals surface area contributed by atoms with Crippen LogP contribution in [0.3, 0.4) is 0 Å². The van der Waals surface area contributed by atoms with E-state index in [1.165, 1.54) is 16.9 Å². The summed E-state index contributed by atoms with van der Waals surface area (Å²) >= 11 is 1.45. The number of carbonyl (C=O) groups is 1. The topological polar surface area (TPSA) is 72.3 Å². The molecule has 7 nitrogen and oxygen atoms in total. The van der Waals surface area contributed by atoms with Crippen molar-refractivity contribution in [3.63, 3.8) is 0 Å². The number of para-hydroxylation sites is 2. The Morgan fingerprint density at radius 1 is 1.18 bits per heavy atom. The molecule has 1 N–H and O–H groups in total. The van der Waals surface area contributed by atoms with Gasteiger partial charge in [-0.2, -0.15) is 0 Å². The number of carbonyl (C=O) groups excluding carboxylic acids is 1. The summed E-state index contributed by atoms with van der Waals surface area (Å²) in [5.41, 5.74) is 3.31. The number of imidazole rings is 1. The Hall–Kier alpha value is -3.23. The van der Waals surface area contributed by atoms with E-state index >= 15 is 0 Å². The van der Waals surface area contributed by atoms with Crippen LogP contribution in [-0.4, -0.2) is 45.5 Å². The molecule has 0 saturated carbocycles. The molecule has 1 amide bonds. The van der Waals surface area contributed by atoms with Gasteiger partial charge in [0.15, 0.2) is 5.13 Å². The Morgan fingerprint density at radius 2 is 2.03 bits per heavy atom. The van der Waals surface area contributed by atoms with E-state index in [0.717, 1.165) is 55.1 Å². The summed E-state index contributed by atoms with van der Waals surface area (Å²) in [7, 11) is 1.68. The first-order valence-electron chi connectivity index (χ1n) is 11.2. The first-order valence-corrected chi connectivity index (χ1v) is 12.1. The minimum atomic E-state index is -0.0398. The molecule has 3 heterocycles. The number of fused-ring (bicyclic) bond motifs is 1. The molecule has 2 aromatic carbocycles. The van der Waals surface area contributed by atoms with Gasteiger partial charge in [0.25, 0.3) is 0 Å². The second-order valence-electron chi connectivity index (χ2n) is 8.35. The number of ether oxygens (including phenoxy) is 1. The van der Waals surface area contributed by atoms with Crippen molar-refractivity contribution < 1.29 is 9.53 Å². The number of aromatic nitrogens is 3. The molecule has 4 aromatic rings. The predicted octanol–water partition coefficient (Wildman–Crippen LogP) is 4.40. The highest BCUT2D eigenvalue weighted by atomic mass is 32.1. The summed E-state index contributed by atoms with van der Waals surface area (Å²) in [5, 5.41) is 5.50. The van der Waals surface area contributed by atoms with E-state index < -0.39 is 0 Å². The van der Waals surface area contributed by atoms with E-state index in [4.69, 9.17) is 9.72 Å². The molecule has 0 unspecified atom stereocenters. The number of benzene rings is 2. The van der Waals surface area contributed by atoms with Crippen molar-refractivity contribution in [2.24, 2.45) is 5.92 Å². The maximum atomic E-state index is 12.8. The van der Waals surface area contributed by atoms with Gasteiger partial charge in [0.1, 0.15) is 11.6 Å². The Kier molecular flexibility index (Phi) is 6.37.